The van der Waals surface area contributed by atoms with E-state index in [1.54, 1.807) is 6.07 Å². The molecule has 3 rings (SSSR count). The van der Waals surface area contributed by atoms with E-state index >= 15 is 0 Å². The highest BCUT2D eigenvalue weighted by atomic mass is 35.5. The molecule has 2 atom stereocenters. The molecule has 3 aromatic rings. The molecule has 3 aromatic carbocycles. The molecule has 168 valence electrons. The molecule has 0 saturated heterocycles. The number of nitrogens with one attached hydrogen (secondary N) is 1. The van der Waals surface area contributed by atoms with Gasteiger partial charge in [0.25, 0.3) is 0 Å². The second-order valence-corrected chi connectivity index (χ2v) is 10.2. The quantitative estimate of drug-likeness (QED) is 0.484. The zero-order valence-corrected chi connectivity index (χ0v) is 20.2. The number of carbonyl (C=O) groups excluding carboxylic acids is 1. The van der Waals surface area contributed by atoms with Gasteiger partial charge in [0, 0.05) is 5.02 Å². The molecule has 0 spiro atoms. The number of sulfonamides is 1. The van der Waals surface area contributed by atoms with Crippen LogP contribution in [-0.4, -0.2) is 26.6 Å². The van der Waals surface area contributed by atoms with Gasteiger partial charge < -0.3 is 5.32 Å². The Morgan fingerprint density at radius 1 is 0.969 bits per heavy atom. The molecule has 1 amide bonds. The average Bonchev–Trinajstić information content (AvgIpc) is 2.74. The van der Waals surface area contributed by atoms with E-state index in [-0.39, 0.29) is 10.7 Å². The first kappa shape index (κ1) is 24.1. The minimum absolute atomic E-state index is 0.150. The first-order valence-corrected chi connectivity index (χ1v) is 12.6. The zero-order valence-electron chi connectivity index (χ0n) is 17.9. The van der Waals surface area contributed by atoms with Gasteiger partial charge in [0.15, 0.2) is 0 Å². The van der Waals surface area contributed by atoms with Crippen molar-refractivity contribution in [3.8, 4) is 0 Å². The van der Waals surface area contributed by atoms with Crippen LogP contribution in [0.25, 0.3) is 0 Å². The summed E-state index contributed by atoms with van der Waals surface area (Å²) in [6.45, 7) is 3.49. The van der Waals surface area contributed by atoms with E-state index in [4.69, 9.17) is 23.2 Å². The summed E-state index contributed by atoms with van der Waals surface area (Å²) in [6.07, 6.45) is 1.03. The van der Waals surface area contributed by atoms with Crippen LogP contribution in [0, 0.1) is 6.92 Å². The number of benzene rings is 3. The molecule has 0 saturated carbocycles. The Bertz CT molecular complexity index is 1220. The maximum absolute atomic E-state index is 13.4. The molecule has 5 nitrogen and oxygen atoms in total. The van der Waals surface area contributed by atoms with Crippen LogP contribution in [-0.2, 0) is 14.8 Å². The molecule has 0 aliphatic heterocycles. The molecule has 0 bridgehead atoms. The van der Waals surface area contributed by atoms with Crippen LogP contribution >= 0.6 is 23.2 Å². The first-order chi connectivity index (χ1) is 15.1. The molecule has 32 heavy (non-hydrogen) atoms. The molecular formula is C24H24Cl2N2O3S. The van der Waals surface area contributed by atoms with Crippen molar-refractivity contribution in [2.75, 3.05) is 10.6 Å². The van der Waals surface area contributed by atoms with Crippen LogP contribution in [0.2, 0.25) is 10.0 Å². The van der Waals surface area contributed by atoms with Gasteiger partial charge in [0.2, 0.25) is 15.9 Å². The van der Waals surface area contributed by atoms with Crippen molar-refractivity contribution < 1.29 is 13.2 Å². The Morgan fingerprint density at radius 2 is 1.59 bits per heavy atom. The third-order valence-electron chi connectivity index (χ3n) is 5.15. The highest BCUT2D eigenvalue weighted by molar-refractivity contribution is 7.92. The van der Waals surface area contributed by atoms with Gasteiger partial charge in [0.05, 0.1) is 23.0 Å². The van der Waals surface area contributed by atoms with Crippen molar-refractivity contribution in [2.24, 2.45) is 0 Å². The maximum atomic E-state index is 13.4. The number of hydrogen-bond acceptors (Lipinski definition) is 3. The Hall–Kier alpha value is -2.54. The monoisotopic (exact) mass is 490 g/mol. The number of nitrogens with zero attached hydrogens (tertiary/aromatic N) is 1. The van der Waals surface area contributed by atoms with Gasteiger partial charge in [-0.1, -0.05) is 77.8 Å². The van der Waals surface area contributed by atoms with Crippen molar-refractivity contribution in [1.82, 2.24) is 5.32 Å². The summed E-state index contributed by atoms with van der Waals surface area (Å²) in [5.41, 5.74) is 2.96. The van der Waals surface area contributed by atoms with Crippen molar-refractivity contribution in [1.29, 1.82) is 0 Å². The molecule has 0 fully saturated rings. The largest absolute Gasteiger partial charge is 0.343 e. The lowest BCUT2D eigenvalue weighted by Gasteiger charge is -2.31. The Morgan fingerprint density at radius 3 is 2.22 bits per heavy atom. The van der Waals surface area contributed by atoms with Crippen LogP contribution in [0.3, 0.4) is 0 Å². The molecule has 0 unspecified atom stereocenters. The highest BCUT2D eigenvalue weighted by Gasteiger charge is 2.32. The van der Waals surface area contributed by atoms with E-state index in [0.717, 1.165) is 27.3 Å². The summed E-state index contributed by atoms with van der Waals surface area (Å²) >= 11 is 12.3. The minimum atomic E-state index is -3.85. The number of anilines is 1. The second kappa shape index (κ2) is 9.94. The number of halogens is 2. The summed E-state index contributed by atoms with van der Waals surface area (Å²) in [5, 5.41) is 3.52. The smallest absolute Gasteiger partial charge is 0.244 e. The van der Waals surface area contributed by atoms with Crippen molar-refractivity contribution in [2.45, 2.75) is 25.9 Å². The number of amides is 1. The topological polar surface area (TPSA) is 66.5 Å². The Balaban J connectivity index is 2.01. The first-order valence-electron chi connectivity index (χ1n) is 9.95. The van der Waals surface area contributed by atoms with Gasteiger partial charge in [-0.25, -0.2) is 8.42 Å². The van der Waals surface area contributed by atoms with E-state index in [0.29, 0.717) is 5.02 Å². The summed E-state index contributed by atoms with van der Waals surface area (Å²) in [7, 11) is -3.85. The Labute approximate surface area is 199 Å². The van der Waals surface area contributed by atoms with Crippen LogP contribution in [0.15, 0.2) is 72.8 Å². The van der Waals surface area contributed by atoms with Gasteiger partial charge in [-0.15, -0.1) is 0 Å². The molecule has 1 N–H and O–H groups in total. The number of carbonyl (C=O) groups is 1. The lowest BCUT2D eigenvalue weighted by atomic mass is 9.94. The second-order valence-electron chi connectivity index (χ2n) is 7.54. The fourth-order valence-electron chi connectivity index (χ4n) is 3.60. The van der Waals surface area contributed by atoms with Crippen molar-refractivity contribution in [3.63, 3.8) is 0 Å². The molecule has 0 radical (unpaired) electrons. The molecule has 0 aliphatic rings. The lowest BCUT2D eigenvalue weighted by molar-refractivity contribution is -0.122. The summed E-state index contributed by atoms with van der Waals surface area (Å²) in [6, 6.07) is 20.2. The number of hydrogen-bond donors (Lipinski definition) is 1. The summed E-state index contributed by atoms with van der Waals surface area (Å²) in [4.78, 5) is 13.4. The zero-order chi connectivity index (χ0) is 23.5. The van der Waals surface area contributed by atoms with Gasteiger partial charge in [-0.3, -0.25) is 9.10 Å². The van der Waals surface area contributed by atoms with E-state index in [1.807, 2.05) is 61.5 Å². The van der Waals surface area contributed by atoms with Gasteiger partial charge in [-0.05, 0) is 48.7 Å². The van der Waals surface area contributed by atoms with E-state index in [2.05, 4.69) is 5.32 Å². The van der Waals surface area contributed by atoms with Gasteiger partial charge in [0.1, 0.15) is 6.04 Å². The summed E-state index contributed by atoms with van der Waals surface area (Å²) in [5.74, 6) is -0.469. The number of rotatable bonds is 7. The molecule has 0 aromatic heterocycles. The van der Waals surface area contributed by atoms with Crippen molar-refractivity contribution >= 4 is 44.8 Å². The minimum Gasteiger partial charge on any atom is -0.343 e. The van der Waals surface area contributed by atoms with E-state index in [1.165, 1.54) is 19.1 Å². The van der Waals surface area contributed by atoms with Crippen molar-refractivity contribution in [3.05, 3.63) is 99.5 Å². The number of aryl methyl sites for hydroxylation is 1. The SMILES string of the molecule is Cc1ccccc1[C@@H](NC(=O)[C@@H](C)N(c1cc(Cl)ccc1Cl)S(C)(=O)=O)c1ccccc1. The predicted molar refractivity (Wildman–Crippen MR) is 131 cm³/mol. The van der Waals surface area contributed by atoms with Gasteiger partial charge >= 0.3 is 0 Å². The third-order valence-corrected chi connectivity index (χ3v) is 6.94. The van der Waals surface area contributed by atoms with E-state index in [9.17, 15) is 13.2 Å². The fraction of sp³-hybridized carbons (Fsp3) is 0.208. The van der Waals surface area contributed by atoms with E-state index < -0.39 is 28.0 Å². The predicted octanol–water partition coefficient (Wildman–Crippen LogP) is 5.36. The highest BCUT2D eigenvalue weighted by Crippen LogP contribution is 2.33. The van der Waals surface area contributed by atoms with Crippen LogP contribution in [0.4, 0.5) is 5.69 Å². The molecular weight excluding hydrogens is 467 g/mol. The normalized spacial score (nSPS) is 13.3. The average molecular weight is 491 g/mol. The standard InChI is InChI=1S/C24H24Cl2N2O3S/c1-16-9-7-8-12-20(16)23(18-10-5-4-6-11-18)27-24(29)17(2)28(32(3,30)31)22-15-19(25)13-14-21(22)26/h4-15,17,23H,1-3H3,(H,27,29)/t17-,23+/m1/s1. The molecule has 8 heteroatoms. The molecule has 0 heterocycles. The van der Waals surface area contributed by atoms with Crippen LogP contribution in [0.5, 0.6) is 0 Å². The third kappa shape index (κ3) is 5.44. The molecule has 0 aliphatic carbocycles. The lowest BCUT2D eigenvalue weighted by Crippen LogP contribution is -2.49. The summed E-state index contributed by atoms with van der Waals surface area (Å²) < 4.78 is 26.3. The fourth-order valence-corrected chi connectivity index (χ4v) is 5.20. The van der Waals surface area contributed by atoms with Crippen LogP contribution < -0.4 is 9.62 Å². The van der Waals surface area contributed by atoms with Gasteiger partial charge in [-0.2, -0.15) is 0 Å². The maximum Gasteiger partial charge on any atom is 0.244 e. The Kier molecular flexibility index (Phi) is 7.49. The van der Waals surface area contributed by atoms with Crippen LogP contribution in [0.1, 0.15) is 29.7 Å².